The molecule has 0 atom stereocenters. The second kappa shape index (κ2) is 7.64. The predicted octanol–water partition coefficient (Wildman–Crippen LogP) is 2.93. The van der Waals surface area contributed by atoms with Crippen molar-refractivity contribution in [2.24, 2.45) is 0 Å². The number of ether oxygens (including phenoxy) is 2. The Balaban J connectivity index is 1.73. The first-order chi connectivity index (χ1) is 10.4. The summed E-state index contributed by atoms with van der Waals surface area (Å²) in [6, 6.07) is 1.68. The second-order valence-corrected chi connectivity index (χ2v) is 7.61. The summed E-state index contributed by atoms with van der Waals surface area (Å²) in [6.07, 6.45) is 6.77. The molecular formula is C17H32N2O3. The average molecular weight is 312 g/mol. The molecule has 0 spiro atoms. The zero-order valence-electron chi connectivity index (χ0n) is 14.6. The van der Waals surface area contributed by atoms with Crippen molar-refractivity contribution < 1.29 is 14.3 Å². The molecule has 0 heterocycles. The fourth-order valence-corrected chi connectivity index (χ4v) is 3.29. The Morgan fingerprint density at radius 1 is 1.09 bits per heavy atom. The number of alkyl carbamates (subject to hydrolysis) is 1. The smallest absolute Gasteiger partial charge is 0.407 e. The number of amides is 1. The Kier molecular flexibility index (Phi) is 6.09. The maximum absolute atomic E-state index is 11.8. The van der Waals surface area contributed by atoms with Gasteiger partial charge in [0, 0.05) is 31.8 Å². The zero-order chi connectivity index (χ0) is 16.2. The molecule has 2 aliphatic rings. The molecule has 5 nitrogen and oxygen atoms in total. The van der Waals surface area contributed by atoms with Gasteiger partial charge in [-0.2, -0.15) is 0 Å². The number of hydrogen-bond donors (Lipinski definition) is 1. The van der Waals surface area contributed by atoms with Gasteiger partial charge in [-0.15, -0.1) is 0 Å². The molecule has 2 fully saturated rings. The van der Waals surface area contributed by atoms with Crippen LogP contribution in [0.2, 0.25) is 0 Å². The quantitative estimate of drug-likeness (QED) is 0.819. The van der Waals surface area contributed by atoms with Crippen molar-refractivity contribution in [1.82, 2.24) is 10.2 Å². The Morgan fingerprint density at radius 3 is 2.09 bits per heavy atom. The van der Waals surface area contributed by atoms with Crippen molar-refractivity contribution in [3.05, 3.63) is 0 Å². The summed E-state index contributed by atoms with van der Waals surface area (Å²) in [6.45, 7) is 7.54. The summed E-state index contributed by atoms with van der Waals surface area (Å²) in [5, 5.41) is 3.02. The Bertz CT molecular complexity index is 355. The van der Waals surface area contributed by atoms with E-state index in [1.807, 2.05) is 20.8 Å². The number of carbonyl (C=O) groups excluding carboxylic acids is 1. The van der Waals surface area contributed by atoms with E-state index in [4.69, 9.17) is 9.47 Å². The minimum Gasteiger partial charge on any atom is -0.444 e. The van der Waals surface area contributed by atoms with Crippen molar-refractivity contribution in [1.29, 1.82) is 0 Å². The Morgan fingerprint density at radius 2 is 1.64 bits per heavy atom. The molecule has 0 unspecified atom stereocenters. The second-order valence-electron chi connectivity index (χ2n) is 7.61. The van der Waals surface area contributed by atoms with Gasteiger partial charge in [0.25, 0.3) is 0 Å². The van der Waals surface area contributed by atoms with Gasteiger partial charge in [0.1, 0.15) is 5.60 Å². The molecule has 2 saturated carbocycles. The Hall–Kier alpha value is -0.810. The van der Waals surface area contributed by atoms with E-state index in [1.54, 1.807) is 7.11 Å². The molecule has 0 aliphatic heterocycles. The lowest BCUT2D eigenvalue weighted by Crippen LogP contribution is -2.46. The normalized spacial score (nSPS) is 26.0. The number of methoxy groups -OCH3 is 1. The third kappa shape index (κ3) is 5.76. The molecule has 0 aromatic rings. The van der Waals surface area contributed by atoms with E-state index in [2.05, 4.69) is 10.2 Å². The van der Waals surface area contributed by atoms with Crippen molar-refractivity contribution >= 4 is 6.09 Å². The van der Waals surface area contributed by atoms with E-state index in [9.17, 15) is 4.79 Å². The maximum Gasteiger partial charge on any atom is 0.407 e. The highest BCUT2D eigenvalue weighted by atomic mass is 16.6. The molecule has 128 valence electrons. The SMILES string of the molecule is COCCN(C1CCC(NC(=O)OC(C)(C)C)CC1)C1CC1. The lowest BCUT2D eigenvalue weighted by molar-refractivity contribution is 0.0465. The largest absolute Gasteiger partial charge is 0.444 e. The number of nitrogens with zero attached hydrogens (tertiary/aromatic N) is 1. The zero-order valence-corrected chi connectivity index (χ0v) is 14.6. The van der Waals surface area contributed by atoms with Gasteiger partial charge in [0.05, 0.1) is 6.61 Å². The fraction of sp³-hybridized carbons (Fsp3) is 0.941. The molecule has 0 aromatic carbocycles. The molecule has 1 amide bonds. The molecular weight excluding hydrogens is 280 g/mol. The molecule has 2 aliphatic carbocycles. The van der Waals surface area contributed by atoms with Crippen molar-refractivity contribution in [2.75, 3.05) is 20.3 Å². The molecule has 2 rings (SSSR count). The summed E-state index contributed by atoms with van der Waals surface area (Å²) in [4.78, 5) is 14.5. The topological polar surface area (TPSA) is 50.8 Å². The third-order valence-electron chi connectivity index (χ3n) is 4.46. The lowest BCUT2D eigenvalue weighted by Gasteiger charge is -2.37. The van der Waals surface area contributed by atoms with Crippen LogP contribution in [0.25, 0.3) is 0 Å². The van der Waals surface area contributed by atoms with Crippen LogP contribution < -0.4 is 5.32 Å². The van der Waals surface area contributed by atoms with Crippen LogP contribution in [-0.4, -0.2) is 55.0 Å². The van der Waals surface area contributed by atoms with E-state index in [-0.39, 0.29) is 12.1 Å². The number of hydrogen-bond acceptors (Lipinski definition) is 4. The van der Waals surface area contributed by atoms with Crippen LogP contribution >= 0.6 is 0 Å². The van der Waals surface area contributed by atoms with Crippen LogP contribution in [-0.2, 0) is 9.47 Å². The first-order valence-corrected chi connectivity index (χ1v) is 8.63. The van der Waals surface area contributed by atoms with E-state index < -0.39 is 5.60 Å². The number of carbonyl (C=O) groups is 1. The van der Waals surface area contributed by atoms with E-state index in [1.165, 1.54) is 12.8 Å². The van der Waals surface area contributed by atoms with Gasteiger partial charge in [0.15, 0.2) is 0 Å². The molecule has 0 saturated heterocycles. The molecule has 0 aromatic heterocycles. The fourth-order valence-electron chi connectivity index (χ4n) is 3.29. The molecule has 5 heteroatoms. The highest BCUT2D eigenvalue weighted by Gasteiger charge is 2.35. The Labute approximate surface area is 134 Å². The van der Waals surface area contributed by atoms with Gasteiger partial charge >= 0.3 is 6.09 Å². The summed E-state index contributed by atoms with van der Waals surface area (Å²) in [7, 11) is 1.77. The predicted molar refractivity (Wildman–Crippen MR) is 87.0 cm³/mol. The lowest BCUT2D eigenvalue weighted by atomic mass is 9.90. The highest BCUT2D eigenvalue weighted by molar-refractivity contribution is 5.68. The van der Waals surface area contributed by atoms with Gasteiger partial charge in [-0.05, 0) is 59.3 Å². The molecule has 0 radical (unpaired) electrons. The minimum absolute atomic E-state index is 0.259. The van der Waals surface area contributed by atoms with Crippen molar-refractivity contribution in [3.63, 3.8) is 0 Å². The van der Waals surface area contributed by atoms with Gasteiger partial charge in [-0.3, -0.25) is 4.90 Å². The van der Waals surface area contributed by atoms with E-state index >= 15 is 0 Å². The summed E-state index contributed by atoms with van der Waals surface area (Å²) in [5.41, 5.74) is -0.426. The van der Waals surface area contributed by atoms with Gasteiger partial charge < -0.3 is 14.8 Å². The summed E-state index contributed by atoms with van der Waals surface area (Å²) < 4.78 is 10.6. The monoisotopic (exact) mass is 312 g/mol. The minimum atomic E-state index is -0.426. The standard InChI is InChI=1S/C17H32N2O3/c1-17(2,3)22-16(20)18-13-5-7-14(8-6-13)19(11-12-21-4)15-9-10-15/h13-15H,5-12H2,1-4H3,(H,18,20). The van der Waals surface area contributed by atoms with E-state index in [0.717, 1.165) is 44.9 Å². The first-order valence-electron chi connectivity index (χ1n) is 8.63. The van der Waals surface area contributed by atoms with Crippen LogP contribution in [0, 0.1) is 0 Å². The number of rotatable bonds is 6. The van der Waals surface area contributed by atoms with Gasteiger partial charge in [-0.1, -0.05) is 0 Å². The average Bonchev–Trinajstić information content (AvgIpc) is 3.23. The van der Waals surface area contributed by atoms with Gasteiger partial charge in [-0.25, -0.2) is 4.79 Å². The van der Waals surface area contributed by atoms with Crippen LogP contribution in [0.1, 0.15) is 59.3 Å². The number of nitrogens with one attached hydrogen (secondary N) is 1. The van der Waals surface area contributed by atoms with E-state index in [0.29, 0.717) is 6.04 Å². The highest BCUT2D eigenvalue weighted by Crippen LogP contribution is 2.33. The molecule has 0 bridgehead atoms. The van der Waals surface area contributed by atoms with Gasteiger partial charge in [0.2, 0.25) is 0 Å². The van der Waals surface area contributed by atoms with Crippen LogP contribution in [0.4, 0.5) is 4.79 Å². The van der Waals surface area contributed by atoms with Crippen LogP contribution in [0.5, 0.6) is 0 Å². The van der Waals surface area contributed by atoms with Crippen molar-refractivity contribution in [2.45, 2.75) is 83.0 Å². The summed E-state index contributed by atoms with van der Waals surface area (Å²) in [5.74, 6) is 0. The molecule has 1 N–H and O–H groups in total. The third-order valence-corrected chi connectivity index (χ3v) is 4.46. The van der Waals surface area contributed by atoms with Crippen LogP contribution in [0.15, 0.2) is 0 Å². The maximum atomic E-state index is 11.8. The van der Waals surface area contributed by atoms with Crippen LogP contribution in [0.3, 0.4) is 0 Å². The summed E-state index contributed by atoms with van der Waals surface area (Å²) >= 11 is 0. The first kappa shape index (κ1) is 17.5. The molecule has 22 heavy (non-hydrogen) atoms. The van der Waals surface area contributed by atoms with Crippen molar-refractivity contribution in [3.8, 4) is 0 Å².